The van der Waals surface area contributed by atoms with Crippen molar-refractivity contribution in [2.75, 3.05) is 7.11 Å². The molecule has 2 nitrogen and oxygen atoms in total. The topological polar surface area (TPSA) is 35.2 Å². The molecule has 1 aromatic heterocycles. The summed E-state index contributed by atoms with van der Waals surface area (Å²) in [6.07, 6.45) is 0.604. The molecule has 0 aliphatic rings. The third-order valence-electron chi connectivity index (χ3n) is 2.91. The average Bonchev–Trinajstić information content (AvgIpc) is 2.70. The molecular weight excluding hydrogens is 329 g/mol. The van der Waals surface area contributed by atoms with Crippen molar-refractivity contribution >= 4 is 27.3 Å². The Morgan fingerprint density at radius 3 is 2.68 bits per heavy atom. The molecule has 102 valence electrons. The summed E-state index contributed by atoms with van der Waals surface area (Å²) in [6.45, 7) is 2.03. The van der Waals surface area contributed by atoms with Gasteiger partial charge in [-0.1, -0.05) is 6.07 Å². The van der Waals surface area contributed by atoms with Crippen molar-refractivity contribution in [3.8, 4) is 5.75 Å². The molecule has 1 unspecified atom stereocenters. The molecule has 0 amide bonds. The van der Waals surface area contributed by atoms with Crippen molar-refractivity contribution in [3.63, 3.8) is 0 Å². The number of thiophene rings is 1. The quantitative estimate of drug-likeness (QED) is 0.902. The molecule has 0 saturated heterocycles. The number of hydrogen-bond acceptors (Lipinski definition) is 3. The van der Waals surface area contributed by atoms with Gasteiger partial charge >= 0.3 is 0 Å². The number of ether oxygens (including phenoxy) is 1. The summed E-state index contributed by atoms with van der Waals surface area (Å²) in [4.78, 5) is 1.10. The van der Waals surface area contributed by atoms with Crippen LogP contribution in [0.4, 0.5) is 4.39 Å². The van der Waals surface area contributed by atoms with Crippen LogP contribution in [0.2, 0.25) is 0 Å². The van der Waals surface area contributed by atoms with Crippen LogP contribution in [0.15, 0.2) is 28.1 Å². The third-order valence-corrected chi connectivity index (χ3v) is 5.18. The average molecular weight is 344 g/mol. The zero-order valence-electron chi connectivity index (χ0n) is 10.7. The minimum atomic E-state index is -0.351. The molecule has 0 spiro atoms. The SMILES string of the molecule is COc1ccc(CC(N)c2cc(C)c(Br)s2)cc1F. The fourth-order valence-electron chi connectivity index (χ4n) is 1.86. The highest BCUT2D eigenvalue weighted by molar-refractivity contribution is 9.11. The molecule has 2 rings (SSSR count). The second-order valence-electron chi connectivity index (χ2n) is 4.39. The lowest BCUT2D eigenvalue weighted by Crippen LogP contribution is -2.12. The highest BCUT2D eigenvalue weighted by atomic mass is 79.9. The molecule has 0 saturated carbocycles. The Kier molecular flexibility index (Phi) is 4.60. The maximum absolute atomic E-state index is 13.6. The van der Waals surface area contributed by atoms with Gasteiger partial charge in [-0.15, -0.1) is 11.3 Å². The maximum atomic E-state index is 13.6. The highest BCUT2D eigenvalue weighted by Gasteiger charge is 2.13. The summed E-state index contributed by atoms with van der Waals surface area (Å²) in [6, 6.07) is 6.90. The molecule has 0 aliphatic heterocycles. The van der Waals surface area contributed by atoms with Crippen LogP contribution in [0.25, 0.3) is 0 Å². The molecule has 0 fully saturated rings. The molecule has 0 bridgehead atoms. The van der Waals surface area contributed by atoms with E-state index in [0.29, 0.717) is 6.42 Å². The molecule has 0 aliphatic carbocycles. The zero-order chi connectivity index (χ0) is 14.0. The van der Waals surface area contributed by atoms with Gasteiger partial charge in [0.15, 0.2) is 11.6 Å². The van der Waals surface area contributed by atoms with Gasteiger partial charge in [-0.05, 0) is 58.6 Å². The van der Waals surface area contributed by atoms with E-state index in [1.807, 2.05) is 13.0 Å². The number of benzene rings is 1. The lowest BCUT2D eigenvalue weighted by Gasteiger charge is -2.10. The van der Waals surface area contributed by atoms with Gasteiger partial charge in [0.1, 0.15) is 0 Å². The van der Waals surface area contributed by atoms with Crippen molar-refractivity contribution in [1.29, 1.82) is 0 Å². The van der Waals surface area contributed by atoms with E-state index in [4.69, 9.17) is 10.5 Å². The van der Waals surface area contributed by atoms with Crippen molar-refractivity contribution in [2.24, 2.45) is 5.73 Å². The first kappa shape index (κ1) is 14.5. The first-order valence-corrected chi connectivity index (χ1v) is 7.46. The van der Waals surface area contributed by atoms with Crippen LogP contribution in [0, 0.1) is 12.7 Å². The van der Waals surface area contributed by atoms with E-state index >= 15 is 0 Å². The standard InChI is InChI=1S/C14H15BrFNOS/c1-8-5-13(19-14(8)15)11(17)7-9-3-4-12(18-2)10(16)6-9/h3-6,11H,7,17H2,1-2H3. The zero-order valence-corrected chi connectivity index (χ0v) is 13.1. The second-order valence-corrected chi connectivity index (χ2v) is 6.79. The predicted molar refractivity (Wildman–Crippen MR) is 80.3 cm³/mol. The molecule has 0 radical (unpaired) electrons. The van der Waals surface area contributed by atoms with E-state index in [1.165, 1.54) is 18.7 Å². The van der Waals surface area contributed by atoms with Gasteiger partial charge in [0.25, 0.3) is 0 Å². The summed E-state index contributed by atoms with van der Waals surface area (Å²) >= 11 is 5.11. The van der Waals surface area contributed by atoms with Gasteiger partial charge in [-0.2, -0.15) is 0 Å². The van der Waals surface area contributed by atoms with Crippen LogP contribution in [0.5, 0.6) is 5.75 Å². The molecule has 2 N–H and O–H groups in total. The van der Waals surface area contributed by atoms with Crippen LogP contribution in [0.1, 0.15) is 22.0 Å². The van der Waals surface area contributed by atoms with Gasteiger partial charge in [-0.3, -0.25) is 0 Å². The van der Waals surface area contributed by atoms with Gasteiger partial charge in [0.05, 0.1) is 10.9 Å². The lowest BCUT2D eigenvalue weighted by atomic mass is 10.0. The Morgan fingerprint density at radius 1 is 1.42 bits per heavy atom. The van der Waals surface area contributed by atoms with E-state index in [1.54, 1.807) is 17.4 Å². The summed E-state index contributed by atoms with van der Waals surface area (Å²) in [5.41, 5.74) is 8.21. The number of hydrogen-bond donors (Lipinski definition) is 1. The van der Waals surface area contributed by atoms with Crippen LogP contribution in [-0.2, 0) is 6.42 Å². The first-order chi connectivity index (χ1) is 9.01. The third kappa shape index (κ3) is 3.35. The van der Waals surface area contributed by atoms with Crippen molar-refractivity contribution in [1.82, 2.24) is 0 Å². The van der Waals surface area contributed by atoms with Crippen LogP contribution in [-0.4, -0.2) is 7.11 Å². The highest BCUT2D eigenvalue weighted by Crippen LogP contribution is 2.32. The fourth-order valence-corrected chi connectivity index (χ4v) is 3.43. The minimum absolute atomic E-state index is 0.122. The monoisotopic (exact) mass is 343 g/mol. The Labute approximate surface area is 124 Å². The van der Waals surface area contributed by atoms with Crippen LogP contribution >= 0.6 is 27.3 Å². The normalized spacial score (nSPS) is 12.5. The Balaban J connectivity index is 2.14. The van der Waals surface area contributed by atoms with Crippen molar-refractivity contribution in [3.05, 3.63) is 49.9 Å². The minimum Gasteiger partial charge on any atom is -0.494 e. The molecule has 5 heteroatoms. The largest absolute Gasteiger partial charge is 0.494 e. The van der Waals surface area contributed by atoms with E-state index in [9.17, 15) is 4.39 Å². The smallest absolute Gasteiger partial charge is 0.165 e. The molecule has 2 aromatic rings. The number of halogens is 2. The first-order valence-electron chi connectivity index (χ1n) is 5.85. The maximum Gasteiger partial charge on any atom is 0.165 e. The second kappa shape index (κ2) is 6.03. The van der Waals surface area contributed by atoms with Crippen molar-refractivity contribution < 1.29 is 9.13 Å². The van der Waals surface area contributed by atoms with E-state index in [-0.39, 0.29) is 17.6 Å². The van der Waals surface area contributed by atoms with Crippen LogP contribution < -0.4 is 10.5 Å². The number of nitrogens with two attached hydrogens (primary N) is 1. The number of aryl methyl sites for hydroxylation is 1. The number of methoxy groups -OCH3 is 1. The molecule has 1 aromatic carbocycles. The fraction of sp³-hybridized carbons (Fsp3) is 0.286. The summed E-state index contributed by atoms with van der Waals surface area (Å²) in [5, 5.41) is 0. The van der Waals surface area contributed by atoms with E-state index in [0.717, 1.165) is 14.2 Å². The number of rotatable bonds is 4. The molecule has 1 atom stereocenters. The van der Waals surface area contributed by atoms with Gasteiger partial charge < -0.3 is 10.5 Å². The van der Waals surface area contributed by atoms with Crippen LogP contribution in [0.3, 0.4) is 0 Å². The van der Waals surface area contributed by atoms with Gasteiger partial charge in [0, 0.05) is 10.9 Å². The predicted octanol–water partition coefficient (Wildman–Crippen LogP) is 4.21. The Bertz CT molecular complexity index is 565. The summed E-state index contributed by atoms with van der Waals surface area (Å²) in [7, 11) is 1.45. The van der Waals surface area contributed by atoms with Crippen molar-refractivity contribution in [2.45, 2.75) is 19.4 Å². The lowest BCUT2D eigenvalue weighted by molar-refractivity contribution is 0.386. The van der Waals surface area contributed by atoms with E-state index < -0.39 is 0 Å². The van der Waals surface area contributed by atoms with E-state index in [2.05, 4.69) is 22.0 Å². The molecule has 1 heterocycles. The Morgan fingerprint density at radius 2 is 2.16 bits per heavy atom. The van der Waals surface area contributed by atoms with Gasteiger partial charge in [0.2, 0.25) is 0 Å². The Hall–Kier alpha value is -0.910. The molecule has 19 heavy (non-hydrogen) atoms. The summed E-state index contributed by atoms with van der Waals surface area (Å²) in [5.74, 6) is -0.0947. The van der Waals surface area contributed by atoms with Gasteiger partial charge in [-0.25, -0.2) is 4.39 Å². The summed E-state index contributed by atoms with van der Waals surface area (Å²) < 4.78 is 19.6. The molecular formula is C14H15BrFNOS.